The van der Waals surface area contributed by atoms with Crippen LogP contribution in [0.1, 0.15) is 46.2 Å². The van der Waals surface area contributed by atoms with Crippen molar-refractivity contribution in [2.45, 2.75) is 40.3 Å². The fourth-order valence-corrected chi connectivity index (χ4v) is 3.63. The first kappa shape index (κ1) is 22.7. The lowest BCUT2D eigenvalue weighted by Gasteiger charge is -2.14. The van der Waals surface area contributed by atoms with Crippen LogP contribution in [0.5, 0.6) is 11.5 Å². The van der Waals surface area contributed by atoms with Crippen LogP contribution in [0.25, 0.3) is 0 Å². The van der Waals surface area contributed by atoms with Crippen LogP contribution < -0.4 is 14.8 Å². The molecule has 1 aromatic heterocycles. The number of halogens is 1. The summed E-state index contributed by atoms with van der Waals surface area (Å²) in [5.74, 6) is 0.655. The first-order valence-electron chi connectivity index (χ1n) is 10.3. The largest absolute Gasteiger partial charge is 0.493 e. The Kier molecular flexibility index (Phi) is 7.58. The molecule has 2 aromatic carbocycles. The molecule has 0 atom stereocenters. The molecule has 1 amide bonds. The number of ether oxygens (including phenoxy) is 2. The zero-order valence-corrected chi connectivity index (χ0v) is 19.1. The van der Waals surface area contributed by atoms with Crippen LogP contribution in [-0.2, 0) is 13.1 Å². The molecule has 0 bridgehead atoms. The Hall–Kier alpha value is -2.99. The molecule has 7 heteroatoms. The SMILES string of the molecule is CCCOc1c(Cl)cc(C(=O)NCc2c(C)nn(Cc3ccccc3)c2C)cc1OC. The quantitative estimate of drug-likeness (QED) is 0.511. The lowest BCUT2D eigenvalue weighted by molar-refractivity contribution is 0.0950. The van der Waals surface area contributed by atoms with Crippen molar-refractivity contribution in [1.29, 1.82) is 0 Å². The van der Waals surface area contributed by atoms with Crippen molar-refractivity contribution in [3.05, 3.63) is 75.6 Å². The molecule has 0 fully saturated rings. The predicted octanol–water partition coefficient (Wildman–Crippen LogP) is 4.93. The molecule has 0 unspecified atom stereocenters. The summed E-state index contributed by atoms with van der Waals surface area (Å²) in [4.78, 5) is 12.8. The summed E-state index contributed by atoms with van der Waals surface area (Å²) in [5.41, 5.74) is 4.52. The maximum absolute atomic E-state index is 12.8. The molecule has 0 aliphatic rings. The van der Waals surface area contributed by atoms with Gasteiger partial charge in [-0.2, -0.15) is 5.10 Å². The number of nitrogens with one attached hydrogen (secondary N) is 1. The Balaban J connectivity index is 1.73. The molecule has 1 N–H and O–H groups in total. The minimum Gasteiger partial charge on any atom is -0.493 e. The summed E-state index contributed by atoms with van der Waals surface area (Å²) < 4.78 is 13.0. The minimum absolute atomic E-state index is 0.239. The molecule has 3 aromatic rings. The van der Waals surface area contributed by atoms with Gasteiger partial charge in [0.15, 0.2) is 11.5 Å². The van der Waals surface area contributed by atoms with E-state index >= 15 is 0 Å². The monoisotopic (exact) mass is 441 g/mol. The van der Waals surface area contributed by atoms with Crippen LogP contribution in [0.15, 0.2) is 42.5 Å². The summed E-state index contributed by atoms with van der Waals surface area (Å²) in [6.45, 7) is 7.56. The average Bonchev–Trinajstić information content (AvgIpc) is 3.03. The molecule has 0 spiro atoms. The van der Waals surface area contributed by atoms with Crippen molar-refractivity contribution >= 4 is 17.5 Å². The third-order valence-electron chi connectivity index (χ3n) is 5.07. The van der Waals surface area contributed by atoms with E-state index in [-0.39, 0.29) is 5.91 Å². The number of hydrogen-bond donors (Lipinski definition) is 1. The number of aromatic nitrogens is 2. The van der Waals surface area contributed by atoms with Gasteiger partial charge in [-0.25, -0.2) is 0 Å². The van der Waals surface area contributed by atoms with E-state index in [1.54, 1.807) is 12.1 Å². The maximum atomic E-state index is 12.8. The van der Waals surface area contributed by atoms with Gasteiger partial charge in [0.2, 0.25) is 0 Å². The molecule has 0 saturated carbocycles. The van der Waals surface area contributed by atoms with Crippen molar-refractivity contribution in [1.82, 2.24) is 15.1 Å². The highest BCUT2D eigenvalue weighted by Gasteiger charge is 2.17. The summed E-state index contributed by atoms with van der Waals surface area (Å²) in [5, 5.41) is 7.96. The van der Waals surface area contributed by atoms with Crippen LogP contribution in [0.3, 0.4) is 0 Å². The van der Waals surface area contributed by atoms with E-state index < -0.39 is 0 Å². The lowest BCUT2D eigenvalue weighted by atomic mass is 10.1. The second-order valence-electron chi connectivity index (χ2n) is 7.31. The number of methoxy groups -OCH3 is 1. The van der Waals surface area contributed by atoms with E-state index in [9.17, 15) is 4.79 Å². The van der Waals surface area contributed by atoms with Gasteiger partial charge in [0.25, 0.3) is 5.91 Å². The number of hydrogen-bond acceptors (Lipinski definition) is 4. The molecular formula is C24H28ClN3O3. The average molecular weight is 442 g/mol. The summed E-state index contributed by atoms with van der Waals surface area (Å²) >= 11 is 6.34. The number of carbonyl (C=O) groups excluding carboxylic acids is 1. The molecule has 0 aliphatic carbocycles. The summed E-state index contributed by atoms with van der Waals surface area (Å²) in [6.07, 6.45) is 0.846. The van der Waals surface area contributed by atoms with Crippen molar-refractivity contribution in [2.75, 3.05) is 13.7 Å². The topological polar surface area (TPSA) is 65.4 Å². The Labute approximate surface area is 188 Å². The fraction of sp³-hybridized carbons (Fsp3) is 0.333. The summed E-state index contributed by atoms with van der Waals surface area (Å²) in [7, 11) is 1.53. The Morgan fingerprint density at radius 1 is 1.19 bits per heavy atom. The van der Waals surface area contributed by atoms with Crippen molar-refractivity contribution in [3.63, 3.8) is 0 Å². The number of nitrogens with zero attached hydrogens (tertiary/aromatic N) is 2. The molecule has 164 valence electrons. The standard InChI is InChI=1S/C24H28ClN3O3/c1-5-11-31-23-21(25)12-19(13-22(23)30-4)24(29)26-14-20-16(2)27-28(17(20)3)15-18-9-7-6-8-10-18/h6-10,12-13H,5,11,14-15H2,1-4H3,(H,26,29). The van der Waals surface area contributed by atoms with Crippen molar-refractivity contribution in [2.24, 2.45) is 0 Å². The highest BCUT2D eigenvalue weighted by molar-refractivity contribution is 6.32. The first-order valence-corrected chi connectivity index (χ1v) is 10.7. The smallest absolute Gasteiger partial charge is 0.251 e. The first-order chi connectivity index (χ1) is 14.9. The second-order valence-corrected chi connectivity index (χ2v) is 7.72. The Morgan fingerprint density at radius 3 is 2.61 bits per heavy atom. The van der Waals surface area contributed by atoms with E-state index in [4.69, 9.17) is 21.1 Å². The van der Waals surface area contributed by atoms with Gasteiger partial charge < -0.3 is 14.8 Å². The molecule has 3 rings (SSSR count). The molecular weight excluding hydrogens is 414 g/mol. The number of amides is 1. The number of carbonyl (C=O) groups is 1. The zero-order chi connectivity index (χ0) is 22.4. The zero-order valence-electron chi connectivity index (χ0n) is 18.4. The van der Waals surface area contributed by atoms with E-state index in [0.29, 0.717) is 41.8 Å². The Bertz CT molecular complexity index is 1050. The lowest BCUT2D eigenvalue weighted by Crippen LogP contribution is -2.23. The molecule has 31 heavy (non-hydrogen) atoms. The second kappa shape index (κ2) is 10.4. The Morgan fingerprint density at radius 2 is 1.94 bits per heavy atom. The van der Waals surface area contributed by atoms with Gasteiger partial charge in [-0.15, -0.1) is 0 Å². The minimum atomic E-state index is -0.239. The van der Waals surface area contributed by atoms with E-state index in [0.717, 1.165) is 23.4 Å². The number of aryl methyl sites for hydroxylation is 1. The van der Waals surface area contributed by atoms with Crippen LogP contribution in [0.4, 0.5) is 0 Å². The molecule has 0 radical (unpaired) electrons. The van der Waals surface area contributed by atoms with Gasteiger partial charge in [0, 0.05) is 23.4 Å². The van der Waals surface area contributed by atoms with Gasteiger partial charge in [-0.1, -0.05) is 48.9 Å². The van der Waals surface area contributed by atoms with Gasteiger partial charge in [-0.3, -0.25) is 9.48 Å². The molecule has 6 nitrogen and oxygen atoms in total. The van der Waals surface area contributed by atoms with Crippen molar-refractivity contribution in [3.8, 4) is 11.5 Å². The van der Waals surface area contributed by atoms with Crippen LogP contribution in [-0.4, -0.2) is 29.4 Å². The van der Waals surface area contributed by atoms with Crippen LogP contribution in [0, 0.1) is 13.8 Å². The van der Waals surface area contributed by atoms with Gasteiger partial charge in [-0.05, 0) is 38.0 Å². The van der Waals surface area contributed by atoms with Crippen LogP contribution in [0.2, 0.25) is 5.02 Å². The maximum Gasteiger partial charge on any atom is 0.251 e. The van der Waals surface area contributed by atoms with Gasteiger partial charge in [0.1, 0.15) is 0 Å². The van der Waals surface area contributed by atoms with E-state index in [1.807, 2.05) is 43.7 Å². The van der Waals surface area contributed by atoms with E-state index in [1.165, 1.54) is 12.7 Å². The van der Waals surface area contributed by atoms with Crippen LogP contribution >= 0.6 is 11.6 Å². The molecule has 1 heterocycles. The summed E-state index contributed by atoms with van der Waals surface area (Å²) in [6, 6.07) is 13.4. The highest BCUT2D eigenvalue weighted by Crippen LogP contribution is 2.36. The van der Waals surface area contributed by atoms with Crippen molar-refractivity contribution < 1.29 is 14.3 Å². The van der Waals surface area contributed by atoms with E-state index in [2.05, 4.69) is 22.5 Å². The molecule has 0 aliphatic heterocycles. The normalized spacial score (nSPS) is 10.7. The predicted molar refractivity (Wildman–Crippen MR) is 122 cm³/mol. The third kappa shape index (κ3) is 5.39. The number of rotatable bonds is 9. The van der Waals surface area contributed by atoms with Gasteiger partial charge in [0.05, 0.1) is 31.0 Å². The van der Waals surface area contributed by atoms with Gasteiger partial charge >= 0.3 is 0 Å². The molecule has 0 saturated heterocycles. The number of benzene rings is 2. The highest BCUT2D eigenvalue weighted by atomic mass is 35.5. The fourth-order valence-electron chi connectivity index (χ4n) is 3.37. The third-order valence-corrected chi connectivity index (χ3v) is 5.36.